The second-order valence-corrected chi connectivity index (χ2v) is 7.53. The fourth-order valence-electron chi connectivity index (χ4n) is 2.48. The van der Waals surface area contributed by atoms with Crippen LogP contribution in [0.3, 0.4) is 0 Å². The average molecular weight is 404 g/mol. The zero-order chi connectivity index (χ0) is 18.6. The Kier molecular flexibility index (Phi) is 5.45. The lowest BCUT2D eigenvalue weighted by Crippen LogP contribution is -2.07. The van der Waals surface area contributed by atoms with Crippen molar-refractivity contribution in [2.24, 2.45) is 0 Å². The summed E-state index contributed by atoms with van der Waals surface area (Å²) in [4.78, 5) is 4.44. The molecule has 1 fully saturated rings. The number of benzene rings is 1. The van der Waals surface area contributed by atoms with Crippen LogP contribution in [0.25, 0.3) is 0 Å². The topological polar surface area (TPSA) is 78.9 Å². The highest BCUT2D eigenvalue weighted by Crippen LogP contribution is 2.38. The summed E-state index contributed by atoms with van der Waals surface area (Å²) in [5.41, 5.74) is 0. The monoisotopic (exact) mass is 403 g/mol. The van der Waals surface area contributed by atoms with Gasteiger partial charge in [0.1, 0.15) is 12.4 Å². The first kappa shape index (κ1) is 18.1. The van der Waals surface area contributed by atoms with Gasteiger partial charge in [0.2, 0.25) is 5.89 Å². The van der Waals surface area contributed by atoms with E-state index < -0.39 is 0 Å². The second kappa shape index (κ2) is 8.14. The highest BCUT2D eigenvalue weighted by atomic mass is 35.5. The first-order chi connectivity index (χ1) is 13.2. The number of nitrogens with zero attached hydrogens (tertiary/aromatic N) is 5. The molecule has 1 aliphatic carbocycles. The Morgan fingerprint density at radius 1 is 1.30 bits per heavy atom. The van der Waals surface area contributed by atoms with Crippen molar-refractivity contribution < 1.29 is 9.26 Å². The van der Waals surface area contributed by atoms with E-state index in [4.69, 9.17) is 20.9 Å². The summed E-state index contributed by atoms with van der Waals surface area (Å²) < 4.78 is 13.1. The minimum atomic E-state index is 0.301. The summed E-state index contributed by atoms with van der Waals surface area (Å²) >= 11 is 7.40. The van der Waals surface area contributed by atoms with E-state index >= 15 is 0 Å². The van der Waals surface area contributed by atoms with Gasteiger partial charge >= 0.3 is 0 Å². The zero-order valence-corrected chi connectivity index (χ0v) is 16.1. The normalized spacial score (nSPS) is 13.7. The molecule has 1 saturated carbocycles. The SMILES string of the molecule is C=CCn1c(COc2ccc(Cl)cc2)nnc1SCc1nc(C2CC2)no1. The molecular formula is C18H18ClN5O2S. The number of rotatable bonds is 9. The van der Waals surface area contributed by atoms with Gasteiger partial charge in [0.25, 0.3) is 0 Å². The Balaban J connectivity index is 1.41. The number of halogens is 1. The van der Waals surface area contributed by atoms with E-state index in [-0.39, 0.29) is 0 Å². The highest BCUT2D eigenvalue weighted by Gasteiger charge is 2.28. The number of aromatic nitrogens is 5. The quantitative estimate of drug-likeness (QED) is 0.390. The number of allylic oxidation sites excluding steroid dienone is 1. The van der Waals surface area contributed by atoms with Crippen LogP contribution in [0.2, 0.25) is 5.02 Å². The number of ether oxygens (including phenoxy) is 1. The third-order valence-electron chi connectivity index (χ3n) is 4.04. The van der Waals surface area contributed by atoms with Gasteiger partial charge < -0.3 is 9.26 Å². The third-order valence-corrected chi connectivity index (χ3v) is 5.24. The van der Waals surface area contributed by atoms with E-state index in [1.807, 2.05) is 16.7 Å². The molecule has 140 valence electrons. The number of hydrogen-bond acceptors (Lipinski definition) is 7. The molecule has 1 aliphatic rings. The van der Waals surface area contributed by atoms with Crippen molar-refractivity contribution in [1.82, 2.24) is 24.9 Å². The lowest BCUT2D eigenvalue weighted by Gasteiger charge is -2.08. The Morgan fingerprint density at radius 3 is 2.85 bits per heavy atom. The number of thioether (sulfide) groups is 1. The van der Waals surface area contributed by atoms with Crippen LogP contribution in [0.15, 0.2) is 46.6 Å². The van der Waals surface area contributed by atoms with Gasteiger partial charge in [-0.3, -0.25) is 4.57 Å². The Morgan fingerprint density at radius 2 is 2.11 bits per heavy atom. The molecule has 1 aromatic carbocycles. The van der Waals surface area contributed by atoms with Gasteiger partial charge in [0.15, 0.2) is 16.8 Å². The van der Waals surface area contributed by atoms with Crippen molar-refractivity contribution >= 4 is 23.4 Å². The minimum absolute atomic E-state index is 0.301. The maximum absolute atomic E-state index is 5.89. The molecule has 0 unspecified atom stereocenters. The molecule has 2 aromatic heterocycles. The van der Waals surface area contributed by atoms with E-state index in [0.29, 0.717) is 35.7 Å². The Bertz CT molecular complexity index is 920. The largest absolute Gasteiger partial charge is 0.486 e. The van der Waals surface area contributed by atoms with Crippen molar-refractivity contribution in [3.63, 3.8) is 0 Å². The van der Waals surface area contributed by atoms with Gasteiger partial charge in [-0.15, -0.1) is 16.8 Å². The lowest BCUT2D eigenvalue weighted by atomic mass is 10.3. The molecule has 3 aromatic rings. The second-order valence-electron chi connectivity index (χ2n) is 6.15. The Hall–Kier alpha value is -2.32. The van der Waals surface area contributed by atoms with Crippen LogP contribution in [0.4, 0.5) is 0 Å². The summed E-state index contributed by atoms with van der Waals surface area (Å²) in [5.74, 6) is 3.89. The standard InChI is InChI=1S/C18H18ClN5O2S/c1-2-9-24-15(10-25-14-7-5-13(19)6-8-14)21-22-18(24)27-11-16-20-17(23-26-16)12-3-4-12/h2,5-8,12H,1,3-4,9-11H2. The zero-order valence-electron chi connectivity index (χ0n) is 14.5. The molecule has 0 saturated heterocycles. The maximum atomic E-state index is 5.89. The molecule has 4 rings (SSSR count). The van der Waals surface area contributed by atoms with Gasteiger partial charge in [-0.1, -0.05) is 34.6 Å². The van der Waals surface area contributed by atoms with E-state index in [9.17, 15) is 0 Å². The summed E-state index contributed by atoms with van der Waals surface area (Å²) in [6, 6.07) is 7.21. The minimum Gasteiger partial charge on any atom is -0.486 e. The van der Waals surface area contributed by atoms with Crippen LogP contribution in [0, 0.1) is 0 Å². The molecule has 0 amide bonds. The molecule has 27 heavy (non-hydrogen) atoms. The van der Waals surface area contributed by atoms with Gasteiger partial charge in [-0.2, -0.15) is 4.98 Å². The number of hydrogen-bond donors (Lipinski definition) is 0. The lowest BCUT2D eigenvalue weighted by molar-refractivity contribution is 0.289. The van der Waals surface area contributed by atoms with E-state index in [2.05, 4.69) is 26.9 Å². The summed E-state index contributed by atoms with van der Waals surface area (Å²) in [6.45, 7) is 4.70. The first-order valence-corrected chi connectivity index (χ1v) is 9.96. The molecule has 0 bridgehead atoms. The predicted molar refractivity (Wildman–Crippen MR) is 102 cm³/mol. The van der Waals surface area contributed by atoms with E-state index in [1.54, 1.807) is 18.2 Å². The molecular weight excluding hydrogens is 386 g/mol. The first-order valence-electron chi connectivity index (χ1n) is 8.59. The fraction of sp³-hybridized carbons (Fsp3) is 0.333. The van der Waals surface area contributed by atoms with Crippen LogP contribution in [-0.2, 0) is 18.9 Å². The van der Waals surface area contributed by atoms with E-state index in [1.165, 1.54) is 11.8 Å². The summed E-state index contributed by atoms with van der Waals surface area (Å²) in [5, 5.41) is 14.0. The highest BCUT2D eigenvalue weighted by molar-refractivity contribution is 7.98. The van der Waals surface area contributed by atoms with Crippen molar-refractivity contribution in [1.29, 1.82) is 0 Å². The molecule has 0 spiro atoms. The van der Waals surface area contributed by atoms with Crippen molar-refractivity contribution in [2.45, 2.75) is 42.8 Å². The van der Waals surface area contributed by atoms with Crippen LogP contribution in [0.1, 0.15) is 36.3 Å². The maximum Gasteiger partial charge on any atom is 0.237 e. The van der Waals surface area contributed by atoms with Crippen LogP contribution in [-0.4, -0.2) is 24.9 Å². The van der Waals surface area contributed by atoms with Crippen LogP contribution < -0.4 is 4.74 Å². The predicted octanol–water partition coefficient (Wildman–Crippen LogP) is 4.25. The van der Waals surface area contributed by atoms with Crippen LogP contribution >= 0.6 is 23.4 Å². The van der Waals surface area contributed by atoms with Crippen molar-refractivity contribution in [2.75, 3.05) is 0 Å². The molecule has 0 aliphatic heterocycles. The van der Waals surface area contributed by atoms with Gasteiger partial charge in [-0.25, -0.2) is 0 Å². The third kappa shape index (κ3) is 4.51. The Labute approximate surface area is 165 Å². The average Bonchev–Trinajstić information content (AvgIpc) is 3.30. The van der Waals surface area contributed by atoms with Gasteiger partial charge in [-0.05, 0) is 37.1 Å². The smallest absolute Gasteiger partial charge is 0.237 e. The molecule has 7 nitrogen and oxygen atoms in total. The summed E-state index contributed by atoms with van der Waals surface area (Å²) in [6.07, 6.45) is 4.10. The molecule has 0 atom stereocenters. The van der Waals surface area contributed by atoms with Gasteiger partial charge in [0, 0.05) is 17.5 Å². The van der Waals surface area contributed by atoms with Crippen molar-refractivity contribution in [3.8, 4) is 5.75 Å². The fourth-order valence-corrected chi connectivity index (χ4v) is 3.41. The summed E-state index contributed by atoms with van der Waals surface area (Å²) in [7, 11) is 0. The molecule has 9 heteroatoms. The molecule has 0 N–H and O–H groups in total. The van der Waals surface area contributed by atoms with Gasteiger partial charge in [0.05, 0.1) is 5.75 Å². The van der Waals surface area contributed by atoms with Crippen molar-refractivity contribution in [3.05, 3.63) is 59.5 Å². The van der Waals surface area contributed by atoms with Crippen LogP contribution in [0.5, 0.6) is 5.75 Å². The van der Waals surface area contributed by atoms with E-state index in [0.717, 1.165) is 35.4 Å². The molecule has 2 heterocycles. The molecule has 0 radical (unpaired) electrons.